The van der Waals surface area contributed by atoms with Crippen LogP contribution in [0.4, 0.5) is 13.2 Å². The summed E-state index contributed by atoms with van der Waals surface area (Å²) in [4.78, 5) is 0. The second kappa shape index (κ2) is 5.18. The summed E-state index contributed by atoms with van der Waals surface area (Å²) in [6, 6.07) is 3.61. The van der Waals surface area contributed by atoms with Gasteiger partial charge in [0, 0.05) is 18.4 Å². The van der Waals surface area contributed by atoms with Crippen LogP contribution in [0.1, 0.15) is 5.69 Å². The van der Waals surface area contributed by atoms with E-state index in [4.69, 9.17) is 5.73 Å². The van der Waals surface area contributed by atoms with Gasteiger partial charge in [-0.05, 0) is 25.1 Å². The van der Waals surface area contributed by atoms with Gasteiger partial charge < -0.3 is 10.3 Å². The highest BCUT2D eigenvalue weighted by Gasteiger charge is 2.28. The van der Waals surface area contributed by atoms with Gasteiger partial charge in [-0.15, -0.1) is 13.2 Å². The van der Waals surface area contributed by atoms with Crippen LogP contribution in [-0.4, -0.2) is 24.1 Å². The number of hydrogen-bond acceptors (Lipinski definition) is 2. The van der Waals surface area contributed by atoms with Crippen molar-refractivity contribution in [2.75, 3.05) is 13.2 Å². The molecule has 0 amide bonds. The van der Waals surface area contributed by atoms with Crippen molar-refractivity contribution in [2.45, 2.75) is 19.3 Å². The van der Waals surface area contributed by atoms with Crippen molar-refractivity contribution in [1.29, 1.82) is 0 Å². The lowest BCUT2D eigenvalue weighted by atomic mass is 10.3. The SMILES string of the molecule is NCCc1cccn1CCOC(F)(F)F. The predicted octanol–water partition coefficient (Wildman–Crippen LogP) is 1.53. The molecule has 0 unspecified atom stereocenters. The minimum Gasteiger partial charge on any atom is -0.349 e. The molecule has 0 saturated heterocycles. The van der Waals surface area contributed by atoms with E-state index in [1.807, 2.05) is 6.07 Å². The molecule has 0 radical (unpaired) electrons. The number of halogens is 3. The molecule has 1 heterocycles. The lowest BCUT2D eigenvalue weighted by molar-refractivity contribution is -0.325. The number of alkyl halides is 3. The average molecular weight is 222 g/mol. The van der Waals surface area contributed by atoms with Crippen LogP contribution >= 0.6 is 0 Å². The standard InChI is InChI=1S/C9H13F3N2O/c10-9(11,12)15-7-6-14-5-1-2-8(14)3-4-13/h1-2,5H,3-4,6-7,13H2. The highest BCUT2D eigenvalue weighted by Crippen LogP contribution is 2.16. The second-order valence-corrected chi connectivity index (χ2v) is 3.03. The van der Waals surface area contributed by atoms with Gasteiger partial charge in [0.15, 0.2) is 0 Å². The molecule has 1 aromatic heterocycles. The highest BCUT2D eigenvalue weighted by molar-refractivity contribution is 5.07. The molecule has 0 saturated carbocycles. The predicted molar refractivity (Wildman–Crippen MR) is 49.2 cm³/mol. The first kappa shape index (κ1) is 12.1. The molecule has 0 aliphatic carbocycles. The number of hydrogen-bond donors (Lipinski definition) is 1. The van der Waals surface area contributed by atoms with E-state index in [-0.39, 0.29) is 13.2 Å². The molecule has 0 atom stereocenters. The molecule has 0 aliphatic rings. The molecule has 15 heavy (non-hydrogen) atoms. The summed E-state index contributed by atoms with van der Waals surface area (Å²) in [5.74, 6) is 0. The summed E-state index contributed by atoms with van der Waals surface area (Å²) >= 11 is 0. The first-order chi connectivity index (χ1) is 7.03. The summed E-state index contributed by atoms with van der Waals surface area (Å²) < 4.78 is 40.4. The number of nitrogens with zero attached hydrogens (tertiary/aromatic N) is 1. The monoisotopic (exact) mass is 222 g/mol. The van der Waals surface area contributed by atoms with Crippen molar-refractivity contribution < 1.29 is 17.9 Å². The van der Waals surface area contributed by atoms with E-state index in [2.05, 4.69) is 4.74 Å². The Hall–Kier alpha value is -1.01. The summed E-state index contributed by atoms with van der Waals surface area (Å²) in [6.07, 6.45) is -2.19. The first-order valence-corrected chi connectivity index (χ1v) is 4.57. The fraction of sp³-hybridized carbons (Fsp3) is 0.556. The van der Waals surface area contributed by atoms with E-state index >= 15 is 0 Å². The van der Waals surface area contributed by atoms with Crippen LogP contribution in [0.5, 0.6) is 0 Å². The van der Waals surface area contributed by atoms with Crippen molar-refractivity contribution in [3.63, 3.8) is 0 Å². The van der Waals surface area contributed by atoms with E-state index in [0.717, 1.165) is 5.69 Å². The van der Waals surface area contributed by atoms with Gasteiger partial charge in [0.05, 0.1) is 6.61 Å². The van der Waals surface area contributed by atoms with E-state index in [0.29, 0.717) is 13.0 Å². The largest absolute Gasteiger partial charge is 0.522 e. The van der Waals surface area contributed by atoms with E-state index in [9.17, 15) is 13.2 Å². The lowest BCUT2D eigenvalue weighted by Gasteiger charge is -2.10. The molecule has 1 rings (SSSR count). The smallest absolute Gasteiger partial charge is 0.349 e. The van der Waals surface area contributed by atoms with E-state index < -0.39 is 6.36 Å². The van der Waals surface area contributed by atoms with Crippen molar-refractivity contribution in [3.8, 4) is 0 Å². The van der Waals surface area contributed by atoms with Gasteiger partial charge in [-0.25, -0.2) is 0 Å². The fourth-order valence-electron chi connectivity index (χ4n) is 1.30. The molecular weight excluding hydrogens is 209 g/mol. The quantitative estimate of drug-likeness (QED) is 0.820. The minimum atomic E-state index is -4.55. The van der Waals surface area contributed by atoms with Crippen LogP contribution in [0.2, 0.25) is 0 Å². The number of ether oxygens (including phenoxy) is 1. The molecular formula is C9H13F3N2O. The maximum atomic E-state index is 11.7. The van der Waals surface area contributed by atoms with Crippen molar-refractivity contribution in [2.24, 2.45) is 5.73 Å². The van der Waals surface area contributed by atoms with Crippen LogP contribution in [0.25, 0.3) is 0 Å². The Morgan fingerprint density at radius 2 is 2.13 bits per heavy atom. The van der Waals surface area contributed by atoms with Crippen LogP contribution < -0.4 is 5.73 Å². The molecule has 0 fully saturated rings. The lowest BCUT2D eigenvalue weighted by Crippen LogP contribution is -2.18. The Labute approximate surface area is 85.6 Å². The van der Waals surface area contributed by atoms with Gasteiger partial charge in [-0.2, -0.15) is 0 Å². The molecule has 6 heteroatoms. The topological polar surface area (TPSA) is 40.2 Å². The Kier molecular flexibility index (Phi) is 4.16. The fourth-order valence-corrected chi connectivity index (χ4v) is 1.30. The van der Waals surface area contributed by atoms with Crippen molar-refractivity contribution in [1.82, 2.24) is 4.57 Å². The number of nitrogens with two attached hydrogens (primary N) is 1. The molecule has 2 N–H and O–H groups in total. The summed E-state index contributed by atoms with van der Waals surface area (Å²) in [5.41, 5.74) is 6.28. The van der Waals surface area contributed by atoms with Crippen LogP contribution in [0.15, 0.2) is 18.3 Å². The van der Waals surface area contributed by atoms with Crippen LogP contribution in [-0.2, 0) is 17.7 Å². The molecule has 0 aliphatic heterocycles. The normalized spacial score (nSPS) is 12.0. The maximum absolute atomic E-state index is 11.7. The summed E-state index contributed by atoms with van der Waals surface area (Å²) in [7, 11) is 0. The molecule has 0 spiro atoms. The van der Waals surface area contributed by atoms with E-state index in [1.54, 1.807) is 16.8 Å². The van der Waals surface area contributed by atoms with Gasteiger partial charge in [0.2, 0.25) is 0 Å². The van der Waals surface area contributed by atoms with Crippen molar-refractivity contribution in [3.05, 3.63) is 24.0 Å². The van der Waals surface area contributed by atoms with Gasteiger partial charge in [0.1, 0.15) is 0 Å². The second-order valence-electron chi connectivity index (χ2n) is 3.03. The Morgan fingerprint density at radius 3 is 2.73 bits per heavy atom. The third-order valence-electron chi connectivity index (χ3n) is 1.92. The van der Waals surface area contributed by atoms with Crippen LogP contribution in [0, 0.1) is 0 Å². The molecule has 0 aromatic carbocycles. The van der Waals surface area contributed by atoms with Crippen LogP contribution in [0.3, 0.4) is 0 Å². The Bertz CT molecular complexity index is 296. The molecule has 3 nitrogen and oxygen atoms in total. The summed E-state index contributed by atoms with van der Waals surface area (Å²) in [5, 5.41) is 0. The van der Waals surface area contributed by atoms with Gasteiger partial charge >= 0.3 is 6.36 Å². The van der Waals surface area contributed by atoms with Gasteiger partial charge in [-0.1, -0.05) is 0 Å². The molecule has 86 valence electrons. The van der Waals surface area contributed by atoms with Gasteiger partial charge in [0.25, 0.3) is 0 Å². The minimum absolute atomic E-state index is 0.182. The van der Waals surface area contributed by atoms with Crippen molar-refractivity contribution >= 4 is 0 Å². The average Bonchev–Trinajstić information content (AvgIpc) is 2.51. The summed E-state index contributed by atoms with van der Waals surface area (Å²) in [6.45, 7) is 0.280. The molecule has 0 bridgehead atoms. The zero-order chi connectivity index (χ0) is 11.3. The number of rotatable bonds is 5. The number of aromatic nitrogens is 1. The zero-order valence-corrected chi connectivity index (χ0v) is 8.13. The van der Waals surface area contributed by atoms with E-state index in [1.165, 1.54) is 0 Å². The van der Waals surface area contributed by atoms with Gasteiger partial charge in [-0.3, -0.25) is 4.74 Å². The third kappa shape index (κ3) is 4.35. The zero-order valence-electron chi connectivity index (χ0n) is 8.13. The Balaban J connectivity index is 2.40. The first-order valence-electron chi connectivity index (χ1n) is 4.57. The Morgan fingerprint density at radius 1 is 1.40 bits per heavy atom. The molecule has 1 aromatic rings. The highest BCUT2D eigenvalue weighted by atomic mass is 19.4. The third-order valence-corrected chi connectivity index (χ3v) is 1.92. The maximum Gasteiger partial charge on any atom is 0.522 e.